The largest absolute Gasteiger partial charge is 0.549 e. The molecule has 5 heteroatoms. The van der Waals surface area contributed by atoms with Crippen LogP contribution in [0.15, 0.2) is 0 Å². The van der Waals surface area contributed by atoms with Gasteiger partial charge in [-0.3, -0.25) is 8.92 Å². The van der Waals surface area contributed by atoms with Gasteiger partial charge >= 0.3 is 9.29 Å². The molecule has 0 aromatic heterocycles. The second kappa shape index (κ2) is 20.4. The molecule has 0 unspecified atom stereocenters. The van der Waals surface area contributed by atoms with E-state index in [9.17, 15) is 0 Å². The van der Waals surface area contributed by atoms with E-state index >= 15 is 0 Å². The Labute approximate surface area is 54.3 Å². The molecule has 5 heavy (non-hydrogen) atoms. The summed E-state index contributed by atoms with van der Waals surface area (Å²) in [5.74, 6) is 0. The zero-order chi connectivity index (χ0) is 2.71. The minimum atomic E-state index is -1.42. The van der Waals surface area contributed by atoms with Crippen molar-refractivity contribution in [3.63, 3.8) is 0 Å². The van der Waals surface area contributed by atoms with Gasteiger partial charge in [-0.25, -0.2) is 0 Å². The fourth-order valence-corrected chi connectivity index (χ4v) is 0. The summed E-state index contributed by atoms with van der Waals surface area (Å²) < 4.78 is 16.8. The van der Waals surface area contributed by atoms with Crippen LogP contribution in [0.1, 0.15) is 0 Å². The van der Waals surface area contributed by atoms with Crippen LogP contribution in [0.5, 0.6) is 0 Å². The summed E-state index contributed by atoms with van der Waals surface area (Å²) in [6.45, 7) is 0. The maximum Gasteiger partial charge on any atom is 0.549 e. The predicted octanol–water partition coefficient (Wildman–Crippen LogP) is -0.623. The molecule has 0 saturated heterocycles. The molecule has 0 aliphatic rings. The molecule has 0 heterocycles. The zero-order valence-corrected chi connectivity index (χ0v) is 7.29. The third-order valence-corrected chi connectivity index (χ3v) is 0. The average molecular weight is 184 g/mol. The normalized spacial score (nSPS) is 1.60. The summed E-state index contributed by atoms with van der Waals surface area (Å²) in [4.78, 5) is 0. The zero-order valence-electron chi connectivity index (χ0n) is 2.34. The van der Waals surface area contributed by atoms with E-state index in [0.29, 0.717) is 0 Å². The smallest absolute Gasteiger partial charge is 0.274 e. The summed E-state index contributed by atoms with van der Waals surface area (Å²) in [6, 6.07) is 0. The van der Waals surface area contributed by atoms with Gasteiger partial charge in [0, 0.05) is 36.0 Å². The number of hydrogen-bond donors (Lipinski definition) is 0. The molecule has 0 aromatic rings. The van der Waals surface area contributed by atoms with Crippen LogP contribution in [0, 0.1) is 0 Å². The Bertz CT molecular complexity index is 30.6. The van der Waals surface area contributed by atoms with E-state index in [-0.39, 0.29) is 36.0 Å². The molecule has 0 bridgehead atoms. The standard InChI is InChI=1S/Ni.O2Si.Zn/c;1-3-2;. The second-order valence-corrected chi connectivity index (χ2v) is 0.250. The molecular weight excluding hydrogens is 184 g/mol. The first kappa shape index (κ1) is 16.8. The molecule has 0 atom stereocenters. The molecule has 0 spiro atoms. The molecule has 0 radical (unpaired) electrons. The molecule has 0 N–H and O–H groups in total. The van der Waals surface area contributed by atoms with Crippen molar-refractivity contribution < 1.29 is 44.9 Å². The molecule has 28 valence electrons. The third-order valence-electron chi connectivity index (χ3n) is 0. The van der Waals surface area contributed by atoms with Gasteiger partial charge in [0.05, 0.1) is 0 Å². The molecule has 0 aliphatic carbocycles. The SMILES string of the molecule is O=[Si]=O.[Ni].[Zn]. The van der Waals surface area contributed by atoms with Crippen molar-refractivity contribution >= 4 is 9.29 Å². The molecule has 0 aliphatic heterocycles. The maximum atomic E-state index is 8.40. The fourth-order valence-electron chi connectivity index (χ4n) is 0. The van der Waals surface area contributed by atoms with Crippen molar-refractivity contribution in [2.45, 2.75) is 0 Å². The van der Waals surface area contributed by atoms with Crippen LogP contribution < -0.4 is 0 Å². The number of hydrogen-bond acceptors (Lipinski definition) is 2. The van der Waals surface area contributed by atoms with Gasteiger partial charge in [0.2, 0.25) is 0 Å². The molecule has 0 rings (SSSR count). The first-order valence-electron chi connectivity index (χ1n) is 0.408. The van der Waals surface area contributed by atoms with Crippen molar-refractivity contribution in [2.24, 2.45) is 0 Å². The van der Waals surface area contributed by atoms with Crippen molar-refractivity contribution in [1.29, 1.82) is 0 Å². The third kappa shape index (κ3) is 48.7. The summed E-state index contributed by atoms with van der Waals surface area (Å²) in [7, 11) is -1.42. The molecule has 0 fully saturated rings. The van der Waals surface area contributed by atoms with Gasteiger partial charge < -0.3 is 0 Å². The maximum absolute atomic E-state index is 8.40. The predicted molar refractivity (Wildman–Crippen MR) is 7.13 cm³/mol. The van der Waals surface area contributed by atoms with Gasteiger partial charge in [0.1, 0.15) is 0 Å². The Kier molecular flexibility index (Phi) is 68.5. The average Bonchev–Trinajstić information content (AvgIpc) is 0.918. The molecule has 0 amide bonds. The van der Waals surface area contributed by atoms with E-state index in [0.717, 1.165) is 0 Å². The van der Waals surface area contributed by atoms with Crippen molar-refractivity contribution in [3.05, 3.63) is 0 Å². The Morgan fingerprint density at radius 3 is 1.20 bits per heavy atom. The van der Waals surface area contributed by atoms with Gasteiger partial charge in [0.15, 0.2) is 0 Å². The van der Waals surface area contributed by atoms with Crippen molar-refractivity contribution in [3.8, 4) is 0 Å². The first-order valence-corrected chi connectivity index (χ1v) is 1.22. The van der Waals surface area contributed by atoms with Crippen LogP contribution in [0.2, 0.25) is 0 Å². The van der Waals surface area contributed by atoms with E-state index in [1.54, 1.807) is 0 Å². The summed E-state index contributed by atoms with van der Waals surface area (Å²) in [6.07, 6.45) is 0. The van der Waals surface area contributed by atoms with Gasteiger partial charge in [0.25, 0.3) is 0 Å². The van der Waals surface area contributed by atoms with Crippen LogP contribution in [-0.2, 0) is 44.9 Å². The molecule has 0 aromatic carbocycles. The van der Waals surface area contributed by atoms with Crippen LogP contribution in [0.3, 0.4) is 0 Å². The van der Waals surface area contributed by atoms with E-state index < -0.39 is 9.29 Å². The summed E-state index contributed by atoms with van der Waals surface area (Å²) in [5, 5.41) is 0. The minimum Gasteiger partial charge on any atom is -0.274 e. The van der Waals surface area contributed by atoms with Crippen LogP contribution in [0.4, 0.5) is 0 Å². The second-order valence-electron chi connectivity index (χ2n) is 0.0833. The quantitative estimate of drug-likeness (QED) is 0.470. The Hall–Kier alpha value is 0.934. The molecular formula is NiO2SiZn. The van der Waals surface area contributed by atoms with E-state index in [1.165, 1.54) is 0 Å². The monoisotopic (exact) mass is 182 g/mol. The Morgan fingerprint density at radius 2 is 1.20 bits per heavy atom. The van der Waals surface area contributed by atoms with E-state index in [2.05, 4.69) is 0 Å². The van der Waals surface area contributed by atoms with Gasteiger partial charge in [-0.1, -0.05) is 0 Å². The van der Waals surface area contributed by atoms with Crippen LogP contribution in [0.25, 0.3) is 0 Å². The minimum absolute atomic E-state index is 0. The van der Waals surface area contributed by atoms with Crippen molar-refractivity contribution in [1.82, 2.24) is 0 Å². The fraction of sp³-hybridized carbons (Fsp3) is 0. The van der Waals surface area contributed by atoms with Crippen LogP contribution >= 0.6 is 0 Å². The first-order chi connectivity index (χ1) is 1.41. The van der Waals surface area contributed by atoms with Gasteiger partial charge in [-0.05, 0) is 0 Å². The molecule has 0 saturated carbocycles. The van der Waals surface area contributed by atoms with E-state index in [4.69, 9.17) is 8.92 Å². The number of rotatable bonds is 0. The topological polar surface area (TPSA) is 34.1 Å². The summed E-state index contributed by atoms with van der Waals surface area (Å²) >= 11 is 0. The van der Waals surface area contributed by atoms with E-state index in [1.807, 2.05) is 0 Å². The molecule has 2 nitrogen and oxygen atoms in total. The van der Waals surface area contributed by atoms with Crippen molar-refractivity contribution in [2.75, 3.05) is 0 Å². The Balaban J connectivity index is -0.0000000200. The van der Waals surface area contributed by atoms with Gasteiger partial charge in [-0.15, -0.1) is 0 Å². The van der Waals surface area contributed by atoms with Gasteiger partial charge in [-0.2, -0.15) is 0 Å². The Morgan fingerprint density at radius 1 is 1.20 bits per heavy atom. The van der Waals surface area contributed by atoms with Crippen LogP contribution in [-0.4, -0.2) is 9.29 Å². The summed E-state index contributed by atoms with van der Waals surface area (Å²) in [5.41, 5.74) is 0.